The minimum Gasteiger partial charge on any atom is 2.00 e. The zero-order chi connectivity index (χ0) is 45.1. The molecular weight excluding hydrogens is 913 g/mol. The van der Waals surface area contributed by atoms with Gasteiger partial charge in [0.15, 0.2) is 10.8 Å². The molecule has 2 N–H and O–H groups in total. The molecule has 4 atom stereocenters. The van der Waals surface area contributed by atoms with E-state index in [0.717, 1.165) is 0 Å². The summed E-state index contributed by atoms with van der Waals surface area (Å²) in [4.78, 5) is 45.7. The zero-order valence-corrected chi connectivity index (χ0v) is 34.3. The van der Waals surface area contributed by atoms with Crippen molar-refractivity contribution >= 4 is 27.6 Å². The first-order chi connectivity index (χ1) is 25.8. The van der Waals surface area contributed by atoms with Crippen LogP contribution in [0, 0.1) is 36.0 Å². The summed E-state index contributed by atoms with van der Waals surface area (Å²) in [7, 11) is -17.2. The predicted octanol–water partition coefficient (Wildman–Crippen LogP) is 9.02. The number of nitrogens with zero attached hydrogens (tertiary/aromatic N) is 6. The van der Waals surface area contributed by atoms with Crippen molar-refractivity contribution in [2.75, 3.05) is 34.4 Å². The number of piperidine rings is 2. The minimum atomic E-state index is -10.7. The van der Waals surface area contributed by atoms with Gasteiger partial charge in [0.1, 0.15) is 0 Å². The molecule has 0 amide bonds. The summed E-state index contributed by atoms with van der Waals surface area (Å²) in [5, 5.41) is 32.3. The van der Waals surface area contributed by atoms with Crippen LogP contribution in [0.3, 0.4) is 0 Å². The Morgan fingerprint density at radius 1 is 0.763 bits per heavy atom. The fourth-order valence-electron chi connectivity index (χ4n) is 6.97. The largest absolute Gasteiger partial charge is 2.00 e. The molecule has 3 aromatic rings. The van der Waals surface area contributed by atoms with Gasteiger partial charge in [-0.1, -0.05) is 18.2 Å². The third kappa shape index (κ3) is 14.7. The van der Waals surface area contributed by atoms with E-state index in [-0.39, 0.29) is 36.1 Å². The SMILES string of the molecule is CC#N.COC(=O)[C@@]12CN(Cc3ccccn3)C[C@@](C(=O)OC)([C@@H](c3cccc(C)n3)N(C)[C@H]1c1cccc(C)n1)C2(O)O.F[P-](F)(F)(F)(F)F.F[P-](F)(F)(F)(F)F.[Ni+2]. The van der Waals surface area contributed by atoms with Crippen molar-refractivity contribution in [3.63, 3.8) is 0 Å². The Morgan fingerprint density at radius 3 is 1.41 bits per heavy atom. The molecule has 3 aromatic heterocycles. The van der Waals surface area contributed by atoms with E-state index in [2.05, 4.69) is 4.98 Å². The molecule has 0 aromatic carbocycles. The van der Waals surface area contributed by atoms with Crippen LogP contribution in [-0.2, 0) is 42.1 Å². The van der Waals surface area contributed by atoms with Crippen LogP contribution in [0.2, 0.25) is 0 Å². The Morgan fingerprint density at radius 2 is 1.12 bits per heavy atom. The number of ether oxygens (including phenoxy) is 2. The Hall–Kier alpha value is -3.77. The van der Waals surface area contributed by atoms with Gasteiger partial charge in [0.25, 0.3) is 0 Å². The Labute approximate surface area is 338 Å². The summed E-state index contributed by atoms with van der Waals surface area (Å²) in [5.74, 6) is -4.74. The molecule has 5 rings (SSSR count). The second kappa shape index (κ2) is 16.6. The minimum absolute atomic E-state index is 0. The Balaban J connectivity index is 0.000000816. The number of hydrogen-bond donors (Lipinski definition) is 2. The number of rotatable bonds is 6. The van der Waals surface area contributed by atoms with Crippen LogP contribution >= 0.6 is 15.6 Å². The third-order valence-corrected chi connectivity index (χ3v) is 8.53. The Kier molecular flexibility index (Phi) is 15.0. The molecule has 0 unspecified atom stereocenters. The van der Waals surface area contributed by atoms with Gasteiger partial charge in [-0.2, -0.15) is 5.26 Å². The van der Waals surface area contributed by atoms with Crippen LogP contribution in [0.5, 0.6) is 0 Å². The molecular formula is C32H38F12N6NiO6P2. The van der Waals surface area contributed by atoms with E-state index >= 15 is 0 Å². The van der Waals surface area contributed by atoms with Crippen LogP contribution in [-0.4, -0.2) is 87.0 Å². The molecule has 2 fully saturated rings. The third-order valence-electron chi connectivity index (χ3n) is 8.53. The van der Waals surface area contributed by atoms with Gasteiger partial charge in [0.05, 0.1) is 49.5 Å². The van der Waals surface area contributed by atoms with Crippen molar-refractivity contribution in [2.45, 2.75) is 45.2 Å². The molecule has 2 saturated heterocycles. The molecule has 0 spiro atoms. The van der Waals surface area contributed by atoms with Gasteiger partial charge in [-0.05, 0) is 57.3 Å². The molecule has 12 nitrogen and oxygen atoms in total. The molecule has 2 aliphatic heterocycles. The van der Waals surface area contributed by atoms with Gasteiger partial charge in [0, 0.05) is 44.1 Å². The summed E-state index contributed by atoms with van der Waals surface area (Å²) in [6, 6.07) is 15.8. The number of carbonyl (C=O) groups is 2. The number of aliphatic hydroxyl groups is 2. The molecule has 0 saturated carbocycles. The molecule has 336 valence electrons. The van der Waals surface area contributed by atoms with E-state index in [1.54, 1.807) is 54.5 Å². The van der Waals surface area contributed by atoms with Crippen LogP contribution in [0.15, 0.2) is 60.8 Å². The van der Waals surface area contributed by atoms with E-state index in [1.165, 1.54) is 21.1 Å². The van der Waals surface area contributed by atoms with Crippen molar-refractivity contribution in [1.82, 2.24) is 24.8 Å². The first-order valence-corrected chi connectivity index (χ1v) is 20.2. The molecule has 0 radical (unpaired) electrons. The maximum absolute atomic E-state index is 14.1. The number of nitriles is 1. The fourth-order valence-corrected chi connectivity index (χ4v) is 6.97. The topological polar surface area (TPSA) is 162 Å². The van der Waals surface area contributed by atoms with Gasteiger partial charge in [0.2, 0.25) is 5.79 Å². The number of carbonyl (C=O) groups excluding carboxylic acids is 2. The van der Waals surface area contributed by atoms with Gasteiger partial charge in [-0.15, -0.1) is 0 Å². The number of aromatic nitrogens is 3. The maximum atomic E-state index is 14.1. The van der Waals surface area contributed by atoms with E-state index in [9.17, 15) is 70.2 Å². The van der Waals surface area contributed by atoms with Gasteiger partial charge in [-0.3, -0.25) is 34.3 Å². The Bertz CT molecular complexity index is 1880. The average Bonchev–Trinajstić information content (AvgIpc) is 3.03. The van der Waals surface area contributed by atoms with Crippen LogP contribution < -0.4 is 0 Å². The standard InChI is InChI=1S/C30H35N5O6.C2H3N.2F6P.Ni/c1-19-10-8-13-22(32-19)24-28(26(36)40-4)17-35(16-21-12-6-7-15-31-21)18-29(27(37)41-5,30(28,38)39)25(34(24)3)23-14-9-11-20(2)33-23;1-2-3;2*1-7(2,3,4,5)6;/h6-15,24-25,38-39H,16-18H2,1-5H3;1H3;;;/q;;2*-1;+2/t24-,25+,28+,29-;;;;. The summed E-state index contributed by atoms with van der Waals surface area (Å²) < 4.78 is 129. The van der Waals surface area contributed by atoms with Crippen molar-refractivity contribution in [2.24, 2.45) is 10.8 Å². The number of likely N-dealkylation sites (tertiary alicyclic amines) is 2. The average molecular weight is 951 g/mol. The molecule has 59 heavy (non-hydrogen) atoms. The van der Waals surface area contributed by atoms with Crippen molar-refractivity contribution < 1.29 is 96.1 Å². The van der Waals surface area contributed by atoms with Crippen LogP contribution in [0.25, 0.3) is 0 Å². The number of fused-ring (bicyclic) bond motifs is 2. The van der Waals surface area contributed by atoms with Crippen molar-refractivity contribution in [1.29, 1.82) is 5.26 Å². The number of halogens is 12. The summed E-state index contributed by atoms with van der Waals surface area (Å²) in [6.07, 6.45) is 1.65. The first-order valence-electron chi connectivity index (χ1n) is 16.1. The monoisotopic (exact) mass is 950 g/mol. The molecule has 2 aliphatic rings. The fraction of sp³-hybridized carbons (Fsp3) is 0.438. The molecule has 5 heterocycles. The normalized spacial score (nSPS) is 24.9. The van der Waals surface area contributed by atoms with E-state index in [1.807, 2.05) is 43.0 Å². The second-order valence-corrected chi connectivity index (χ2v) is 16.9. The molecule has 2 bridgehead atoms. The molecule has 0 aliphatic carbocycles. The number of methoxy groups -OCH3 is 2. The van der Waals surface area contributed by atoms with Crippen molar-refractivity contribution in [3.05, 3.63) is 89.3 Å². The number of aryl methyl sites for hydroxylation is 2. The predicted molar refractivity (Wildman–Crippen MR) is 185 cm³/mol. The van der Waals surface area contributed by atoms with Crippen LogP contribution in [0.4, 0.5) is 50.4 Å². The number of esters is 2. The summed E-state index contributed by atoms with van der Waals surface area (Å²) in [6.45, 7) is 4.95. The number of hydrogen-bond acceptors (Lipinski definition) is 12. The van der Waals surface area contributed by atoms with Gasteiger partial charge in [-0.25, -0.2) is 0 Å². The number of pyridine rings is 3. The summed E-state index contributed by atoms with van der Waals surface area (Å²) in [5.41, 5.74) is -1.33. The quantitative estimate of drug-likeness (QED) is 0.0795. The second-order valence-electron chi connectivity index (χ2n) is 13.1. The van der Waals surface area contributed by atoms with E-state index in [4.69, 9.17) is 24.7 Å². The van der Waals surface area contributed by atoms with E-state index < -0.39 is 56.3 Å². The van der Waals surface area contributed by atoms with Gasteiger partial charge < -0.3 is 19.7 Å². The first kappa shape index (κ1) is 53.3. The maximum Gasteiger partial charge on any atom is 2.00 e. The smallest absolute Gasteiger partial charge is 2.00 e. The van der Waals surface area contributed by atoms with E-state index in [0.29, 0.717) is 28.5 Å². The summed E-state index contributed by atoms with van der Waals surface area (Å²) >= 11 is 0. The van der Waals surface area contributed by atoms with Crippen LogP contribution in [0.1, 0.15) is 47.5 Å². The molecule has 27 heteroatoms. The van der Waals surface area contributed by atoms with Gasteiger partial charge >= 0.3 is 94.4 Å². The zero-order valence-electron chi connectivity index (χ0n) is 31.5. The van der Waals surface area contributed by atoms with Crippen molar-refractivity contribution in [3.8, 4) is 6.07 Å².